The molecule has 0 spiro atoms. The average Bonchev–Trinajstić information content (AvgIpc) is 2.82. The summed E-state index contributed by atoms with van der Waals surface area (Å²) in [5.41, 5.74) is 8.55. The summed E-state index contributed by atoms with van der Waals surface area (Å²) in [5, 5.41) is 4.43. The molecule has 0 bridgehead atoms. The Morgan fingerprint density at radius 3 is 2.55 bits per heavy atom. The van der Waals surface area contributed by atoms with Crippen molar-refractivity contribution in [1.82, 2.24) is 14.8 Å². The maximum absolute atomic E-state index is 12.9. The van der Waals surface area contributed by atoms with Crippen molar-refractivity contribution in [3.8, 4) is 17.1 Å². The molecule has 0 aliphatic heterocycles. The molecule has 2 N–H and O–H groups in total. The largest absolute Gasteiger partial charge is 0.384 e. The third-order valence-corrected chi connectivity index (χ3v) is 2.99. The fourth-order valence-corrected chi connectivity index (χ4v) is 1.98. The predicted molar refractivity (Wildman–Crippen MR) is 75.9 cm³/mol. The lowest BCUT2D eigenvalue weighted by Gasteiger charge is -2.03. The topological polar surface area (TPSA) is 56.7 Å². The molecule has 1 aromatic carbocycles. The predicted octanol–water partition coefficient (Wildman–Crippen LogP) is 2.96. The summed E-state index contributed by atoms with van der Waals surface area (Å²) in [6, 6.07) is 11.7. The fourth-order valence-electron chi connectivity index (χ4n) is 1.98. The Hall–Kier alpha value is -2.69. The lowest BCUT2D eigenvalue weighted by Crippen LogP contribution is -2.03. The summed E-state index contributed by atoms with van der Waals surface area (Å²) in [6.45, 7) is 1.98. The van der Waals surface area contributed by atoms with Crippen LogP contribution in [0.1, 0.15) is 5.56 Å². The van der Waals surface area contributed by atoms with E-state index in [4.69, 9.17) is 5.73 Å². The summed E-state index contributed by atoms with van der Waals surface area (Å²) < 4.78 is 14.5. The second kappa shape index (κ2) is 4.77. The van der Waals surface area contributed by atoms with Gasteiger partial charge in [-0.05, 0) is 48.9 Å². The van der Waals surface area contributed by atoms with E-state index in [9.17, 15) is 4.39 Å². The van der Waals surface area contributed by atoms with Crippen molar-refractivity contribution in [2.75, 3.05) is 5.73 Å². The molecular formula is C15H13FN4. The maximum Gasteiger partial charge on any atom is 0.155 e. The quantitative estimate of drug-likeness (QED) is 0.777. The molecule has 3 aromatic rings. The molecule has 2 heterocycles. The molecule has 4 nitrogen and oxygen atoms in total. The number of halogens is 1. The van der Waals surface area contributed by atoms with Gasteiger partial charge in [-0.15, -0.1) is 0 Å². The van der Waals surface area contributed by atoms with Crippen molar-refractivity contribution in [3.63, 3.8) is 0 Å². The third kappa shape index (κ3) is 2.25. The van der Waals surface area contributed by atoms with Gasteiger partial charge in [0.2, 0.25) is 0 Å². The van der Waals surface area contributed by atoms with Crippen molar-refractivity contribution < 1.29 is 4.39 Å². The van der Waals surface area contributed by atoms with Crippen LogP contribution in [-0.4, -0.2) is 14.8 Å². The van der Waals surface area contributed by atoms with Crippen LogP contribution < -0.4 is 5.73 Å². The number of anilines is 1. The molecule has 0 aliphatic rings. The van der Waals surface area contributed by atoms with E-state index in [-0.39, 0.29) is 5.82 Å². The van der Waals surface area contributed by atoms with Gasteiger partial charge in [0.1, 0.15) is 11.6 Å². The van der Waals surface area contributed by atoms with Gasteiger partial charge in [-0.3, -0.25) is 0 Å². The number of aryl methyl sites for hydroxylation is 1. The van der Waals surface area contributed by atoms with Crippen molar-refractivity contribution in [2.24, 2.45) is 0 Å². The van der Waals surface area contributed by atoms with Crippen LogP contribution in [0.15, 0.2) is 48.7 Å². The highest BCUT2D eigenvalue weighted by atomic mass is 19.1. The van der Waals surface area contributed by atoms with Crippen molar-refractivity contribution in [3.05, 3.63) is 60.0 Å². The van der Waals surface area contributed by atoms with Gasteiger partial charge >= 0.3 is 0 Å². The molecule has 3 rings (SSSR count). The number of hydrogen-bond donors (Lipinski definition) is 1. The Bertz CT molecular complexity index is 747. The van der Waals surface area contributed by atoms with Crippen LogP contribution >= 0.6 is 0 Å². The summed E-state index contributed by atoms with van der Waals surface area (Å²) in [6.07, 6.45) is 1.71. The Morgan fingerprint density at radius 2 is 1.85 bits per heavy atom. The summed E-state index contributed by atoms with van der Waals surface area (Å²) in [5.74, 6) is 0.875. The van der Waals surface area contributed by atoms with E-state index in [1.807, 2.05) is 19.1 Å². The first-order chi connectivity index (χ1) is 9.63. The number of nitrogens with zero attached hydrogens (tertiary/aromatic N) is 3. The van der Waals surface area contributed by atoms with Gasteiger partial charge < -0.3 is 5.73 Å². The van der Waals surface area contributed by atoms with Gasteiger partial charge in [0.25, 0.3) is 0 Å². The van der Waals surface area contributed by atoms with Crippen LogP contribution in [0.2, 0.25) is 0 Å². The minimum absolute atomic E-state index is 0.276. The number of benzene rings is 1. The molecule has 5 heteroatoms. The molecule has 100 valence electrons. The molecule has 2 aromatic heterocycles. The number of nitrogen functional groups attached to an aromatic ring is 1. The van der Waals surface area contributed by atoms with Crippen molar-refractivity contribution in [2.45, 2.75) is 6.92 Å². The van der Waals surface area contributed by atoms with E-state index in [0.29, 0.717) is 17.3 Å². The van der Waals surface area contributed by atoms with Crippen LogP contribution in [0, 0.1) is 12.7 Å². The van der Waals surface area contributed by atoms with Gasteiger partial charge in [0.05, 0.1) is 5.69 Å². The van der Waals surface area contributed by atoms with Crippen LogP contribution in [0.5, 0.6) is 0 Å². The fraction of sp³-hybridized carbons (Fsp3) is 0.0667. The van der Waals surface area contributed by atoms with E-state index in [1.165, 1.54) is 12.1 Å². The average molecular weight is 268 g/mol. The van der Waals surface area contributed by atoms with Crippen molar-refractivity contribution >= 4 is 5.82 Å². The molecular weight excluding hydrogens is 255 g/mol. The highest BCUT2D eigenvalue weighted by Crippen LogP contribution is 2.22. The van der Waals surface area contributed by atoms with Gasteiger partial charge in [-0.2, -0.15) is 9.78 Å². The Kier molecular flexibility index (Phi) is 2.95. The summed E-state index contributed by atoms with van der Waals surface area (Å²) in [7, 11) is 0. The lowest BCUT2D eigenvalue weighted by atomic mass is 10.1. The van der Waals surface area contributed by atoms with Crippen LogP contribution in [0.4, 0.5) is 10.2 Å². The zero-order valence-corrected chi connectivity index (χ0v) is 10.9. The first kappa shape index (κ1) is 12.3. The van der Waals surface area contributed by atoms with E-state index in [2.05, 4.69) is 10.1 Å². The second-order valence-electron chi connectivity index (χ2n) is 4.56. The zero-order valence-electron chi connectivity index (χ0n) is 10.9. The molecule has 0 saturated heterocycles. The summed E-state index contributed by atoms with van der Waals surface area (Å²) in [4.78, 5) is 4.25. The van der Waals surface area contributed by atoms with Gasteiger partial charge in [0, 0.05) is 17.8 Å². The molecule has 0 saturated carbocycles. The minimum Gasteiger partial charge on any atom is -0.384 e. The molecule has 0 unspecified atom stereocenters. The molecule has 0 amide bonds. The molecule has 20 heavy (non-hydrogen) atoms. The van der Waals surface area contributed by atoms with Crippen LogP contribution in [0.3, 0.4) is 0 Å². The third-order valence-electron chi connectivity index (χ3n) is 2.99. The number of hydrogen-bond acceptors (Lipinski definition) is 3. The van der Waals surface area contributed by atoms with Gasteiger partial charge in [-0.25, -0.2) is 9.37 Å². The van der Waals surface area contributed by atoms with Crippen molar-refractivity contribution in [1.29, 1.82) is 0 Å². The second-order valence-corrected chi connectivity index (χ2v) is 4.56. The number of pyridine rings is 1. The first-order valence-corrected chi connectivity index (χ1v) is 6.18. The minimum atomic E-state index is -0.276. The van der Waals surface area contributed by atoms with Gasteiger partial charge in [0.15, 0.2) is 5.82 Å². The molecule has 0 aliphatic carbocycles. The number of nitrogens with two attached hydrogens (primary N) is 1. The Balaban J connectivity index is 2.05. The summed E-state index contributed by atoms with van der Waals surface area (Å²) >= 11 is 0. The molecule has 0 radical (unpaired) electrons. The monoisotopic (exact) mass is 268 g/mol. The maximum atomic E-state index is 12.9. The number of rotatable bonds is 2. The molecule has 0 fully saturated rings. The van der Waals surface area contributed by atoms with E-state index >= 15 is 0 Å². The smallest absolute Gasteiger partial charge is 0.155 e. The van der Waals surface area contributed by atoms with E-state index < -0.39 is 0 Å². The lowest BCUT2D eigenvalue weighted by molar-refractivity contribution is 0.628. The zero-order chi connectivity index (χ0) is 14.1. The highest BCUT2D eigenvalue weighted by Gasteiger charge is 2.09. The Morgan fingerprint density at radius 1 is 1.10 bits per heavy atom. The highest BCUT2D eigenvalue weighted by molar-refractivity contribution is 5.63. The number of aromatic nitrogens is 3. The van der Waals surface area contributed by atoms with Crippen LogP contribution in [0.25, 0.3) is 17.1 Å². The normalized spacial score (nSPS) is 10.7. The first-order valence-electron chi connectivity index (χ1n) is 6.18. The standard InChI is InChI=1S/C15H13FN4/c1-10-6-7-18-15(8-10)20-14(17)9-13(19-20)11-2-4-12(16)5-3-11/h2-9H,17H2,1H3. The van der Waals surface area contributed by atoms with Crippen LogP contribution in [-0.2, 0) is 0 Å². The SMILES string of the molecule is Cc1ccnc(-n2nc(-c3ccc(F)cc3)cc2N)c1. The van der Waals surface area contributed by atoms with E-state index in [0.717, 1.165) is 11.1 Å². The molecule has 0 atom stereocenters. The Labute approximate surface area is 115 Å². The van der Waals surface area contributed by atoms with E-state index in [1.54, 1.807) is 29.1 Å². The van der Waals surface area contributed by atoms with Gasteiger partial charge in [-0.1, -0.05) is 0 Å².